The molecule has 1 saturated carbocycles. The van der Waals surface area contributed by atoms with Crippen LogP contribution in [0, 0.1) is 0 Å². The van der Waals surface area contributed by atoms with E-state index in [2.05, 4.69) is 5.32 Å². The lowest BCUT2D eigenvalue weighted by molar-refractivity contribution is -0.138. The highest BCUT2D eigenvalue weighted by atomic mass is 16.3. The molecule has 0 bridgehead atoms. The van der Waals surface area contributed by atoms with Gasteiger partial charge in [0.15, 0.2) is 0 Å². The standard InChI is InChI=1S/C8H15NO2/c1-2-9-7(10)8(11)5-3-4-6-8/h11H,2-6H2,1H3,(H,9,10). The summed E-state index contributed by atoms with van der Waals surface area (Å²) >= 11 is 0. The Bertz CT molecular complexity index is 150. The highest BCUT2D eigenvalue weighted by Gasteiger charge is 2.38. The van der Waals surface area contributed by atoms with Gasteiger partial charge in [-0.2, -0.15) is 0 Å². The third-order valence-electron chi connectivity index (χ3n) is 2.19. The van der Waals surface area contributed by atoms with E-state index in [0.717, 1.165) is 12.8 Å². The first-order valence-electron chi connectivity index (χ1n) is 4.20. The number of carbonyl (C=O) groups excluding carboxylic acids is 1. The van der Waals surface area contributed by atoms with E-state index >= 15 is 0 Å². The van der Waals surface area contributed by atoms with Gasteiger partial charge in [0, 0.05) is 6.54 Å². The molecule has 0 heterocycles. The van der Waals surface area contributed by atoms with Gasteiger partial charge in [0.25, 0.3) is 5.91 Å². The Labute approximate surface area is 66.8 Å². The van der Waals surface area contributed by atoms with Crippen molar-refractivity contribution in [1.29, 1.82) is 0 Å². The summed E-state index contributed by atoms with van der Waals surface area (Å²) in [5, 5.41) is 12.3. The van der Waals surface area contributed by atoms with E-state index in [-0.39, 0.29) is 5.91 Å². The van der Waals surface area contributed by atoms with Gasteiger partial charge in [0.05, 0.1) is 0 Å². The fourth-order valence-electron chi connectivity index (χ4n) is 1.51. The molecule has 0 spiro atoms. The zero-order valence-electron chi connectivity index (χ0n) is 6.89. The van der Waals surface area contributed by atoms with Crippen molar-refractivity contribution in [1.82, 2.24) is 5.32 Å². The lowest BCUT2D eigenvalue weighted by Crippen LogP contribution is -2.44. The zero-order valence-corrected chi connectivity index (χ0v) is 6.89. The molecule has 2 N–H and O–H groups in total. The first kappa shape index (κ1) is 8.53. The molecule has 0 atom stereocenters. The van der Waals surface area contributed by atoms with Gasteiger partial charge in [0.2, 0.25) is 0 Å². The Morgan fingerprint density at radius 3 is 2.55 bits per heavy atom. The Morgan fingerprint density at radius 1 is 1.55 bits per heavy atom. The van der Waals surface area contributed by atoms with Crippen LogP contribution in [-0.2, 0) is 4.79 Å². The van der Waals surface area contributed by atoms with E-state index in [1.165, 1.54) is 0 Å². The summed E-state index contributed by atoms with van der Waals surface area (Å²) in [5.74, 6) is -0.197. The maximum Gasteiger partial charge on any atom is 0.251 e. The molecule has 0 radical (unpaired) electrons. The third kappa shape index (κ3) is 1.71. The molecule has 1 fully saturated rings. The highest BCUT2D eigenvalue weighted by molar-refractivity contribution is 5.85. The second-order valence-electron chi connectivity index (χ2n) is 3.10. The molecule has 1 rings (SSSR count). The van der Waals surface area contributed by atoms with E-state index in [4.69, 9.17) is 0 Å². The molecular formula is C8H15NO2. The average molecular weight is 157 g/mol. The summed E-state index contributed by atoms with van der Waals surface area (Å²) in [4.78, 5) is 11.2. The van der Waals surface area contributed by atoms with Crippen molar-refractivity contribution in [2.75, 3.05) is 6.54 Å². The molecule has 11 heavy (non-hydrogen) atoms. The van der Waals surface area contributed by atoms with Gasteiger partial charge in [-0.05, 0) is 32.6 Å². The number of carbonyl (C=O) groups is 1. The minimum atomic E-state index is -1.05. The Kier molecular flexibility index (Phi) is 2.49. The molecule has 3 heteroatoms. The quantitative estimate of drug-likeness (QED) is 0.610. The number of hydrogen-bond donors (Lipinski definition) is 2. The van der Waals surface area contributed by atoms with Crippen molar-refractivity contribution in [2.45, 2.75) is 38.2 Å². The molecule has 0 saturated heterocycles. The Morgan fingerprint density at radius 2 is 2.09 bits per heavy atom. The number of likely N-dealkylation sites (N-methyl/N-ethyl adjacent to an activating group) is 1. The molecule has 1 aliphatic carbocycles. The molecular weight excluding hydrogens is 142 g/mol. The van der Waals surface area contributed by atoms with Gasteiger partial charge < -0.3 is 10.4 Å². The lowest BCUT2D eigenvalue weighted by Gasteiger charge is -2.19. The largest absolute Gasteiger partial charge is 0.380 e. The van der Waals surface area contributed by atoms with Crippen molar-refractivity contribution in [2.24, 2.45) is 0 Å². The zero-order chi connectivity index (χ0) is 8.32. The molecule has 0 aromatic rings. The Balaban J connectivity index is 2.49. The van der Waals surface area contributed by atoms with E-state index in [0.29, 0.717) is 19.4 Å². The van der Waals surface area contributed by atoms with Crippen LogP contribution < -0.4 is 5.32 Å². The van der Waals surface area contributed by atoms with Gasteiger partial charge in [0.1, 0.15) is 5.60 Å². The average Bonchev–Trinajstić information content (AvgIpc) is 2.38. The first-order valence-corrected chi connectivity index (χ1v) is 4.20. The second-order valence-corrected chi connectivity index (χ2v) is 3.10. The normalized spacial score (nSPS) is 21.6. The van der Waals surface area contributed by atoms with Crippen molar-refractivity contribution >= 4 is 5.91 Å². The highest BCUT2D eigenvalue weighted by Crippen LogP contribution is 2.29. The van der Waals surface area contributed by atoms with Crippen LogP contribution in [-0.4, -0.2) is 23.2 Å². The first-order chi connectivity index (χ1) is 5.19. The fraction of sp³-hybridized carbons (Fsp3) is 0.875. The number of rotatable bonds is 2. The number of amides is 1. The molecule has 1 amide bonds. The minimum absolute atomic E-state index is 0.197. The van der Waals surface area contributed by atoms with Gasteiger partial charge in [-0.1, -0.05) is 0 Å². The molecule has 0 unspecified atom stereocenters. The van der Waals surface area contributed by atoms with E-state index in [1.807, 2.05) is 6.92 Å². The van der Waals surface area contributed by atoms with Crippen molar-refractivity contribution in [3.05, 3.63) is 0 Å². The van der Waals surface area contributed by atoms with E-state index < -0.39 is 5.60 Å². The minimum Gasteiger partial charge on any atom is -0.380 e. The van der Waals surface area contributed by atoms with Gasteiger partial charge in [-0.15, -0.1) is 0 Å². The van der Waals surface area contributed by atoms with Gasteiger partial charge in [-0.25, -0.2) is 0 Å². The van der Waals surface area contributed by atoms with Crippen molar-refractivity contribution in [3.8, 4) is 0 Å². The summed E-state index contributed by atoms with van der Waals surface area (Å²) < 4.78 is 0. The lowest BCUT2D eigenvalue weighted by atomic mass is 10.0. The maximum atomic E-state index is 11.2. The van der Waals surface area contributed by atoms with Crippen LogP contribution in [0.25, 0.3) is 0 Å². The van der Waals surface area contributed by atoms with Crippen LogP contribution in [0.5, 0.6) is 0 Å². The predicted octanol–water partition coefficient (Wildman–Crippen LogP) is 0.428. The van der Waals surface area contributed by atoms with Crippen LogP contribution in [0.3, 0.4) is 0 Å². The maximum absolute atomic E-state index is 11.2. The fourth-order valence-corrected chi connectivity index (χ4v) is 1.51. The summed E-state index contributed by atoms with van der Waals surface area (Å²) in [6, 6.07) is 0. The monoisotopic (exact) mass is 157 g/mol. The van der Waals surface area contributed by atoms with Gasteiger partial charge in [-0.3, -0.25) is 4.79 Å². The number of aliphatic hydroxyl groups is 1. The van der Waals surface area contributed by atoms with Crippen LogP contribution in [0.2, 0.25) is 0 Å². The van der Waals surface area contributed by atoms with Crippen LogP contribution >= 0.6 is 0 Å². The Hall–Kier alpha value is -0.570. The molecule has 0 aromatic heterocycles. The molecule has 1 aliphatic rings. The van der Waals surface area contributed by atoms with E-state index in [1.54, 1.807) is 0 Å². The van der Waals surface area contributed by atoms with E-state index in [9.17, 15) is 9.90 Å². The summed E-state index contributed by atoms with van der Waals surface area (Å²) in [6.45, 7) is 2.46. The summed E-state index contributed by atoms with van der Waals surface area (Å²) in [5.41, 5.74) is -1.05. The van der Waals surface area contributed by atoms with Gasteiger partial charge >= 0.3 is 0 Å². The second kappa shape index (κ2) is 3.22. The summed E-state index contributed by atoms with van der Waals surface area (Å²) in [7, 11) is 0. The molecule has 0 aromatic carbocycles. The number of hydrogen-bond acceptors (Lipinski definition) is 2. The predicted molar refractivity (Wildman–Crippen MR) is 42.1 cm³/mol. The smallest absolute Gasteiger partial charge is 0.251 e. The van der Waals surface area contributed by atoms with Crippen molar-refractivity contribution in [3.63, 3.8) is 0 Å². The number of nitrogens with one attached hydrogen (secondary N) is 1. The van der Waals surface area contributed by atoms with Crippen LogP contribution in [0.4, 0.5) is 0 Å². The molecule has 3 nitrogen and oxygen atoms in total. The summed E-state index contributed by atoms with van der Waals surface area (Å²) in [6.07, 6.45) is 3.18. The molecule has 64 valence electrons. The van der Waals surface area contributed by atoms with Crippen molar-refractivity contribution < 1.29 is 9.90 Å². The SMILES string of the molecule is CCNC(=O)C1(O)CCCC1. The van der Waals surface area contributed by atoms with Crippen LogP contribution in [0.1, 0.15) is 32.6 Å². The third-order valence-corrected chi connectivity index (χ3v) is 2.19. The van der Waals surface area contributed by atoms with Crippen LogP contribution in [0.15, 0.2) is 0 Å². The molecule has 0 aliphatic heterocycles. The topological polar surface area (TPSA) is 49.3 Å².